The molecule has 96 valence electrons. The Morgan fingerprint density at radius 3 is 2.61 bits per heavy atom. The third kappa shape index (κ3) is 2.95. The Balaban J connectivity index is 2.10. The molecule has 0 atom stereocenters. The predicted molar refractivity (Wildman–Crippen MR) is 78.5 cm³/mol. The fourth-order valence-corrected chi connectivity index (χ4v) is 2.40. The lowest BCUT2D eigenvalue weighted by atomic mass is 10.1. The van der Waals surface area contributed by atoms with Gasteiger partial charge >= 0.3 is 0 Å². The van der Waals surface area contributed by atoms with Crippen LogP contribution in [0.15, 0.2) is 23.4 Å². The van der Waals surface area contributed by atoms with Gasteiger partial charge in [-0.3, -0.25) is 4.79 Å². The molecule has 1 fully saturated rings. The van der Waals surface area contributed by atoms with Gasteiger partial charge in [-0.15, -0.1) is 0 Å². The second-order valence-corrected chi connectivity index (χ2v) is 5.66. The predicted octanol–water partition coefficient (Wildman–Crippen LogP) is 3.01. The van der Waals surface area contributed by atoms with Crippen molar-refractivity contribution in [3.8, 4) is 0 Å². The molecule has 0 aliphatic carbocycles. The second-order valence-electron chi connectivity index (χ2n) is 4.09. The smallest absolute Gasteiger partial charge is 0.253 e. The van der Waals surface area contributed by atoms with E-state index in [4.69, 9.17) is 16.8 Å². The van der Waals surface area contributed by atoms with E-state index in [0.29, 0.717) is 36.5 Å². The zero-order valence-electron chi connectivity index (χ0n) is 9.57. The molecule has 0 bridgehead atoms. The van der Waals surface area contributed by atoms with Gasteiger partial charge in [-0.1, -0.05) is 16.8 Å². The van der Waals surface area contributed by atoms with Crippen LogP contribution in [0.5, 0.6) is 0 Å². The number of rotatable bonds is 1. The lowest BCUT2D eigenvalue weighted by molar-refractivity contribution is 0.0753. The summed E-state index contributed by atoms with van der Waals surface area (Å²) in [4.78, 5) is 14.0. The van der Waals surface area contributed by atoms with E-state index in [1.807, 2.05) is 6.07 Å². The van der Waals surface area contributed by atoms with Crippen LogP contribution in [0.25, 0.3) is 0 Å². The number of oxime groups is 1. The lowest BCUT2D eigenvalue weighted by Gasteiger charge is -2.27. The molecule has 1 saturated heterocycles. The summed E-state index contributed by atoms with van der Waals surface area (Å²) in [5.74, 6) is -0.0229. The van der Waals surface area contributed by atoms with Gasteiger partial charge in [0, 0.05) is 35.1 Å². The summed E-state index contributed by atoms with van der Waals surface area (Å²) in [7, 11) is 0. The summed E-state index contributed by atoms with van der Waals surface area (Å²) in [6.07, 6.45) is 1.25. The van der Waals surface area contributed by atoms with Crippen molar-refractivity contribution in [2.75, 3.05) is 13.1 Å². The van der Waals surface area contributed by atoms with Gasteiger partial charge in [0.15, 0.2) is 0 Å². The largest absolute Gasteiger partial charge is 0.411 e. The molecule has 1 aliphatic rings. The Hall–Kier alpha value is -0.820. The van der Waals surface area contributed by atoms with E-state index in [0.717, 1.165) is 9.28 Å². The average molecular weight is 379 g/mol. The first kappa shape index (κ1) is 13.6. The molecule has 1 heterocycles. The number of carbonyl (C=O) groups is 1. The summed E-state index contributed by atoms with van der Waals surface area (Å²) in [6, 6.07) is 5.31. The van der Waals surface area contributed by atoms with Crippen LogP contribution in [0.2, 0.25) is 5.02 Å². The first-order valence-corrected chi connectivity index (χ1v) is 7.01. The van der Waals surface area contributed by atoms with Crippen LogP contribution in [0, 0.1) is 3.57 Å². The topological polar surface area (TPSA) is 52.9 Å². The van der Waals surface area contributed by atoms with Gasteiger partial charge in [0.25, 0.3) is 5.91 Å². The number of amides is 1. The van der Waals surface area contributed by atoms with Crippen molar-refractivity contribution in [3.63, 3.8) is 0 Å². The molecule has 1 N–H and O–H groups in total. The maximum atomic E-state index is 12.2. The Bertz CT molecular complexity index is 495. The molecule has 1 aliphatic heterocycles. The van der Waals surface area contributed by atoms with E-state index in [1.165, 1.54) is 0 Å². The van der Waals surface area contributed by atoms with E-state index in [2.05, 4.69) is 27.7 Å². The standard InChI is InChI=1S/C12H12ClIN2O2/c13-10-7-8(1-2-11(10)14)12(17)16-5-3-9(15-18)4-6-16/h1-2,7,18H,3-6H2. The summed E-state index contributed by atoms with van der Waals surface area (Å²) in [6.45, 7) is 1.17. The molecular formula is C12H12ClIN2O2. The molecular weight excluding hydrogens is 367 g/mol. The molecule has 0 saturated carbocycles. The minimum atomic E-state index is -0.0229. The molecule has 0 aromatic heterocycles. The third-order valence-electron chi connectivity index (χ3n) is 2.94. The molecule has 0 spiro atoms. The highest BCUT2D eigenvalue weighted by atomic mass is 127. The number of halogens is 2. The SMILES string of the molecule is O=C(c1ccc(I)c(Cl)c1)N1CCC(=NO)CC1. The number of hydrogen-bond donors (Lipinski definition) is 1. The normalized spacial score (nSPS) is 15.7. The van der Waals surface area contributed by atoms with Gasteiger partial charge in [0.1, 0.15) is 0 Å². The fourth-order valence-electron chi connectivity index (χ4n) is 1.88. The highest BCUT2D eigenvalue weighted by Gasteiger charge is 2.21. The molecule has 4 nitrogen and oxygen atoms in total. The van der Waals surface area contributed by atoms with Crippen molar-refractivity contribution >= 4 is 45.8 Å². The number of piperidine rings is 1. The highest BCUT2D eigenvalue weighted by Crippen LogP contribution is 2.21. The van der Waals surface area contributed by atoms with Gasteiger partial charge in [0.05, 0.1) is 10.7 Å². The summed E-state index contributed by atoms with van der Waals surface area (Å²) < 4.78 is 0.930. The zero-order valence-corrected chi connectivity index (χ0v) is 12.5. The molecule has 0 radical (unpaired) electrons. The maximum Gasteiger partial charge on any atom is 0.253 e. The van der Waals surface area contributed by atoms with Crippen molar-refractivity contribution in [3.05, 3.63) is 32.4 Å². The number of nitrogens with zero attached hydrogens (tertiary/aromatic N) is 2. The Labute approximate surface area is 124 Å². The minimum absolute atomic E-state index is 0.0229. The number of likely N-dealkylation sites (tertiary alicyclic amines) is 1. The van der Waals surface area contributed by atoms with Crippen LogP contribution in [-0.4, -0.2) is 34.8 Å². The highest BCUT2D eigenvalue weighted by molar-refractivity contribution is 14.1. The number of hydrogen-bond acceptors (Lipinski definition) is 3. The summed E-state index contributed by atoms with van der Waals surface area (Å²) in [5.41, 5.74) is 1.35. The molecule has 1 amide bonds. The fraction of sp³-hybridized carbons (Fsp3) is 0.333. The number of carbonyl (C=O) groups excluding carboxylic acids is 1. The average Bonchev–Trinajstić information content (AvgIpc) is 2.41. The summed E-state index contributed by atoms with van der Waals surface area (Å²) >= 11 is 8.14. The van der Waals surface area contributed by atoms with Crippen LogP contribution >= 0.6 is 34.2 Å². The Morgan fingerprint density at radius 2 is 2.06 bits per heavy atom. The van der Waals surface area contributed by atoms with Crippen molar-refractivity contribution in [1.82, 2.24) is 4.90 Å². The van der Waals surface area contributed by atoms with Gasteiger partial charge in [-0.05, 0) is 40.8 Å². The van der Waals surface area contributed by atoms with Crippen molar-refractivity contribution in [2.24, 2.45) is 5.16 Å². The molecule has 1 aromatic rings. The molecule has 0 unspecified atom stereocenters. The van der Waals surface area contributed by atoms with E-state index < -0.39 is 0 Å². The van der Waals surface area contributed by atoms with Crippen LogP contribution in [0.1, 0.15) is 23.2 Å². The molecule has 6 heteroatoms. The third-order valence-corrected chi connectivity index (χ3v) is 4.51. The summed E-state index contributed by atoms with van der Waals surface area (Å²) in [5, 5.41) is 12.5. The van der Waals surface area contributed by atoms with Crippen LogP contribution < -0.4 is 0 Å². The molecule has 1 aromatic carbocycles. The van der Waals surface area contributed by atoms with Crippen molar-refractivity contribution in [2.45, 2.75) is 12.8 Å². The van der Waals surface area contributed by atoms with Crippen LogP contribution in [-0.2, 0) is 0 Å². The van der Waals surface area contributed by atoms with Gasteiger partial charge in [-0.25, -0.2) is 0 Å². The molecule has 2 rings (SSSR count). The maximum absolute atomic E-state index is 12.2. The first-order chi connectivity index (χ1) is 8.61. The zero-order chi connectivity index (χ0) is 13.1. The second kappa shape index (κ2) is 5.88. The van der Waals surface area contributed by atoms with E-state index >= 15 is 0 Å². The lowest BCUT2D eigenvalue weighted by Crippen LogP contribution is -2.38. The van der Waals surface area contributed by atoms with Gasteiger partial charge in [-0.2, -0.15) is 0 Å². The van der Waals surface area contributed by atoms with E-state index in [-0.39, 0.29) is 5.91 Å². The van der Waals surface area contributed by atoms with E-state index in [1.54, 1.807) is 17.0 Å². The Kier molecular flexibility index (Phi) is 4.45. The monoisotopic (exact) mass is 378 g/mol. The molecule has 18 heavy (non-hydrogen) atoms. The van der Waals surface area contributed by atoms with E-state index in [9.17, 15) is 4.79 Å². The van der Waals surface area contributed by atoms with Crippen molar-refractivity contribution < 1.29 is 10.0 Å². The van der Waals surface area contributed by atoms with Crippen molar-refractivity contribution in [1.29, 1.82) is 0 Å². The van der Waals surface area contributed by atoms with Gasteiger partial charge in [0.2, 0.25) is 0 Å². The van der Waals surface area contributed by atoms with Crippen LogP contribution in [0.3, 0.4) is 0 Å². The Morgan fingerprint density at radius 1 is 1.39 bits per heavy atom. The van der Waals surface area contributed by atoms with Gasteiger partial charge < -0.3 is 10.1 Å². The first-order valence-electron chi connectivity index (χ1n) is 5.56. The number of benzene rings is 1. The minimum Gasteiger partial charge on any atom is -0.411 e. The quantitative estimate of drug-likeness (QED) is 0.464. The van der Waals surface area contributed by atoms with Crippen LogP contribution in [0.4, 0.5) is 0 Å².